The lowest BCUT2D eigenvalue weighted by Crippen LogP contribution is -2.46. The Hall–Kier alpha value is -1.16. The fourth-order valence-corrected chi connectivity index (χ4v) is 9.95. The van der Waals surface area contributed by atoms with Crippen LogP contribution in [0.2, 0.25) is 0 Å². The van der Waals surface area contributed by atoms with Crippen molar-refractivity contribution in [2.45, 2.75) is 194 Å². The third-order valence-electron chi connectivity index (χ3n) is 14.0. The van der Waals surface area contributed by atoms with Gasteiger partial charge in [0.05, 0.1) is 54.9 Å². The molecular formula is C67H166N20O9. The Morgan fingerprint density at radius 1 is 0.188 bits per heavy atom. The first kappa shape index (κ1) is 106. The lowest BCUT2D eigenvalue weighted by molar-refractivity contribution is 0.0542. The molecule has 9 atom stereocenters. The molecule has 0 rings (SSSR count). The van der Waals surface area contributed by atoms with Crippen molar-refractivity contribution in [1.29, 1.82) is 0 Å². The summed E-state index contributed by atoms with van der Waals surface area (Å²) >= 11 is 0. The highest BCUT2D eigenvalue weighted by Crippen LogP contribution is 2.04. The van der Waals surface area contributed by atoms with Crippen LogP contribution in [0.1, 0.15) is 139 Å². The molecule has 0 aromatic rings. The predicted molar refractivity (Wildman–Crippen MR) is 405 cm³/mol. The molecule has 29 nitrogen and oxygen atoms in total. The summed E-state index contributed by atoms with van der Waals surface area (Å²) in [4.78, 5) is 12.3. The van der Waals surface area contributed by atoms with Gasteiger partial charge in [-0.1, -0.05) is 25.7 Å². The minimum Gasteiger partial charge on any atom is -0.392 e. The average molecular weight is 1400 g/mol. The highest BCUT2D eigenvalue weighted by molar-refractivity contribution is 4.74. The second-order valence-corrected chi connectivity index (χ2v) is 25.9. The van der Waals surface area contributed by atoms with Gasteiger partial charge in [-0.2, -0.15) is 0 Å². The number of rotatable bonds is 63. The Morgan fingerprint density at radius 2 is 0.354 bits per heavy atom. The van der Waals surface area contributed by atoms with E-state index in [0.717, 1.165) is 137 Å². The molecule has 0 bridgehead atoms. The van der Waals surface area contributed by atoms with Gasteiger partial charge in [0, 0.05) is 190 Å². The zero-order valence-corrected chi connectivity index (χ0v) is 63.2. The van der Waals surface area contributed by atoms with Crippen molar-refractivity contribution in [3.8, 4) is 0 Å². The topological polar surface area (TPSA) is 496 Å². The Balaban J connectivity index is -0.000000263. The quantitative estimate of drug-likeness (QED) is 0.0255. The van der Waals surface area contributed by atoms with E-state index in [9.17, 15) is 46.0 Å². The first-order valence-corrected chi connectivity index (χ1v) is 37.1. The van der Waals surface area contributed by atoms with Crippen LogP contribution in [-0.4, -0.2) is 372 Å². The second kappa shape index (κ2) is 84.5. The predicted octanol–water partition coefficient (Wildman–Crippen LogP) is -4.58. The lowest BCUT2D eigenvalue weighted by Gasteiger charge is -2.32. The molecule has 0 aliphatic heterocycles. The first-order chi connectivity index (χ1) is 45.8. The molecule has 0 fully saturated rings. The van der Waals surface area contributed by atoms with E-state index in [2.05, 4.69) is 36.4 Å². The summed E-state index contributed by atoms with van der Waals surface area (Å²) in [6.45, 7) is 43.9. The molecular weight excluding hydrogens is 1230 g/mol. The van der Waals surface area contributed by atoms with E-state index in [1.165, 1.54) is 64.2 Å². The number of hydrogen-bond donors (Lipinski definition) is 23. The third kappa shape index (κ3) is 99.2. The number of nitrogens with two attached hydrogens (primary N) is 9. The van der Waals surface area contributed by atoms with E-state index >= 15 is 0 Å². The SMILES string of the molecule is CC(O)CN(CCN(CC(C)O)CC(C)O)CC(C)O.CC(O)CN(CCN(CC(C)O)CC(C)O)CCN(CC(C)O)CC(C)O.NCCCCCNCCCCCNCCN.NCCCCCNCCN.NCCN(CCN)CCN.NCCNCCCCCNCCN. The van der Waals surface area contributed by atoms with E-state index < -0.39 is 54.9 Å². The van der Waals surface area contributed by atoms with Gasteiger partial charge in [0.1, 0.15) is 0 Å². The fraction of sp³-hybridized carbons (Fsp3) is 1.00. The number of unbranched alkanes of at least 4 members (excludes halogenated alkanes) is 8. The van der Waals surface area contributed by atoms with Crippen LogP contribution in [0.5, 0.6) is 0 Å². The van der Waals surface area contributed by atoms with Crippen LogP contribution in [-0.2, 0) is 0 Å². The molecule has 0 saturated heterocycles. The van der Waals surface area contributed by atoms with Gasteiger partial charge in [0.25, 0.3) is 0 Å². The molecule has 0 aromatic carbocycles. The summed E-state index contributed by atoms with van der Waals surface area (Å²) in [5, 5.41) is 103. The van der Waals surface area contributed by atoms with E-state index in [4.69, 9.17) is 51.6 Å². The Morgan fingerprint density at radius 3 is 0.521 bits per heavy atom. The number of aliphatic hydroxyl groups excluding tert-OH is 9. The van der Waals surface area contributed by atoms with Crippen molar-refractivity contribution in [2.75, 3.05) is 242 Å². The van der Waals surface area contributed by atoms with Crippen molar-refractivity contribution in [3.05, 3.63) is 0 Å². The molecule has 0 heterocycles. The zero-order valence-electron chi connectivity index (χ0n) is 63.2. The van der Waals surface area contributed by atoms with Crippen molar-refractivity contribution >= 4 is 0 Å². The van der Waals surface area contributed by atoms with Crippen molar-refractivity contribution in [1.82, 2.24) is 56.0 Å². The lowest BCUT2D eigenvalue weighted by atomic mass is 10.2. The number of hydrogen-bond acceptors (Lipinski definition) is 29. The van der Waals surface area contributed by atoms with Crippen molar-refractivity contribution < 1.29 is 46.0 Å². The summed E-state index contributed by atoms with van der Waals surface area (Å²) in [7, 11) is 0. The minimum absolute atomic E-state index is 0.448. The number of nitrogens with zero attached hydrogens (tertiary/aromatic N) is 6. The Bertz CT molecular complexity index is 1270. The minimum atomic E-state index is -0.471. The van der Waals surface area contributed by atoms with Crippen LogP contribution >= 0.6 is 0 Å². The highest BCUT2D eigenvalue weighted by atomic mass is 16.3. The van der Waals surface area contributed by atoms with E-state index in [1.54, 1.807) is 62.3 Å². The summed E-state index contributed by atoms with van der Waals surface area (Å²) in [5.74, 6) is 0. The zero-order chi connectivity index (χ0) is 73.8. The van der Waals surface area contributed by atoms with Crippen LogP contribution in [0, 0.1) is 0 Å². The Labute approximate surface area is 587 Å². The molecule has 0 aliphatic rings. The van der Waals surface area contributed by atoms with Gasteiger partial charge >= 0.3 is 0 Å². The van der Waals surface area contributed by atoms with Gasteiger partial charge in [-0.25, -0.2) is 0 Å². The molecule has 9 unspecified atom stereocenters. The van der Waals surface area contributed by atoms with Crippen LogP contribution in [0.25, 0.3) is 0 Å². The maximum absolute atomic E-state index is 9.81. The molecule has 96 heavy (non-hydrogen) atoms. The molecule has 0 radical (unpaired) electrons. The average Bonchev–Trinajstić information content (AvgIpc) is 1.49. The summed E-state index contributed by atoms with van der Waals surface area (Å²) in [6, 6.07) is 0. The molecule has 32 N–H and O–H groups in total. The highest BCUT2D eigenvalue weighted by Gasteiger charge is 2.19. The van der Waals surface area contributed by atoms with Crippen molar-refractivity contribution in [3.63, 3.8) is 0 Å². The smallest absolute Gasteiger partial charge is 0.0639 e. The monoisotopic (exact) mass is 1400 g/mol. The molecule has 0 amide bonds. The van der Waals surface area contributed by atoms with Crippen LogP contribution < -0.4 is 78.2 Å². The van der Waals surface area contributed by atoms with Gasteiger partial charge in [-0.3, -0.25) is 29.4 Å². The number of nitrogens with one attached hydrogen (secondary N) is 5. The molecule has 0 saturated carbocycles. The van der Waals surface area contributed by atoms with E-state index in [0.29, 0.717) is 118 Å². The van der Waals surface area contributed by atoms with Crippen LogP contribution in [0.4, 0.5) is 0 Å². The van der Waals surface area contributed by atoms with Gasteiger partial charge in [-0.15, -0.1) is 0 Å². The van der Waals surface area contributed by atoms with Gasteiger partial charge in [0.2, 0.25) is 0 Å². The summed E-state index contributed by atoms with van der Waals surface area (Å²) in [5.41, 5.74) is 48.2. The molecule has 0 aliphatic carbocycles. The molecule has 0 aromatic heterocycles. The fourth-order valence-electron chi connectivity index (χ4n) is 9.95. The van der Waals surface area contributed by atoms with Gasteiger partial charge < -0.3 is 124 Å². The van der Waals surface area contributed by atoms with Crippen molar-refractivity contribution in [2.24, 2.45) is 51.6 Å². The van der Waals surface area contributed by atoms with E-state index in [1.807, 2.05) is 19.6 Å². The van der Waals surface area contributed by atoms with Gasteiger partial charge in [-0.05, 0) is 166 Å². The Kier molecular flexibility index (Phi) is 93.1. The molecule has 0 spiro atoms. The number of aliphatic hydroxyl groups is 9. The third-order valence-corrected chi connectivity index (χ3v) is 14.0. The van der Waals surface area contributed by atoms with Gasteiger partial charge in [0.15, 0.2) is 0 Å². The first-order valence-electron chi connectivity index (χ1n) is 37.1. The standard InChI is InChI=1S/C19H43N3O5.C14H32N2O4.C12H30N4.C9H24N4.C7H19N3.C6H18N4/c1-15(23)10-20(6-8-21(11-16(2)24)12-17(3)25)7-9-22(13-18(4)26)14-19(5)27;1-11(17)7-15(8-12(2)18)5-6-16(9-13(3)19)10-14(4)20;13-7-3-1-4-9-15-10-5-2-6-11-16-12-8-14;10-4-8-12-6-2-1-3-7-13-9-5-11;8-4-2-1-3-6-10-7-5-9;7-1-4-10(5-2-8)6-3-9/h15-19,23-27H,6-14H2,1-5H3;11-14,17-20H,5-10H2,1-4H3;15-16H,1-14H2;12-13H,1-11H2;10H,1-9H2;1-9H2. The molecule has 588 valence electrons. The maximum atomic E-state index is 9.81. The second-order valence-electron chi connectivity index (χ2n) is 25.9. The summed E-state index contributed by atoms with van der Waals surface area (Å²) in [6.07, 6.45) is 10.7. The van der Waals surface area contributed by atoms with Crippen LogP contribution in [0.15, 0.2) is 0 Å². The molecule has 29 heteroatoms. The van der Waals surface area contributed by atoms with Crippen LogP contribution in [0.3, 0.4) is 0 Å². The van der Waals surface area contributed by atoms with E-state index in [-0.39, 0.29) is 0 Å². The maximum Gasteiger partial charge on any atom is 0.0639 e. The normalized spacial score (nSPS) is 14.3. The largest absolute Gasteiger partial charge is 0.392 e. The summed E-state index contributed by atoms with van der Waals surface area (Å²) < 4.78 is 0.